The van der Waals surface area contributed by atoms with Crippen LogP contribution in [0, 0.1) is 11.6 Å². The minimum absolute atomic E-state index is 0. The average Bonchev–Trinajstić information content (AvgIpc) is 3.88. The van der Waals surface area contributed by atoms with E-state index in [-0.39, 0.29) is 48.3 Å². The first kappa shape index (κ1) is 39.4. The van der Waals surface area contributed by atoms with Gasteiger partial charge in [0.25, 0.3) is 0 Å². The Morgan fingerprint density at radius 2 is 0.945 bits per heavy atom. The van der Waals surface area contributed by atoms with Gasteiger partial charge in [-0.05, 0) is 0 Å². The van der Waals surface area contributed by atoms with Crippen LogP contribution in [0.25, 0.3) is 22.3 Å². The Morgan fingerprint density at radius 1 is 0.527 bits per heavy atom. The Kier molecular flexibility index (Phi) is 11.7. The molecule has 5 aliphatic rings. The molecule has 1 fully saturated rings. The summed E-state index contributed by atoms with van der Waals surface area (Å²) in [4.78, 5) is 0. The topological polar surface area (TPSA) is 0 Å². The number of hydrogen-bond donors (Lipinski definition) is 0. The van der Waals surface area contributed by atoms with E-state index in [1.165, 1.54) is 30.5 Å². The maximum atomic E-state index is 15.8. The largest absolute Gasteiger partial charge is 1.00 e. The number of hydrogen-bond acceptors (Lipinski definition) is 0. The van der Waals surface area contributed by atoms with E-state index in [1.807, 2.05) is 72.8 Å². The van der Waals surface area contributed by atoms with Gasteiger partial charge in [-0.25, -0.2) is 0 Å². The second-order valence-corrected chi connectivity index (χ2v) is 26.6. The molecule has 276 valence electrons. The molecule has 0 amide bonds. The van der Waals surface area contributed by atoms with E-state index in [0.717, 1.165) is 35.1 Å². The van der Waals surface area contributed by atoms with Gasteiger partial charge in [0.1, 0.15) is 0 Å². The molecule has 55 heavy (non-hydrogen) atoms. The van der Waals surface area contributed by atoms with E-state index in [4.69, 9.17) is 0 Å². The average molecular weight is 845 g/mol. The van der Waals surface area contributed by atoms with Gasteiger partial charge in [-0.15, -0.1) is 0 Å². The van der Waals surface area contributed by atoms with Crippen molar-refractivity contribution in [3.8, 4) is 22.3 Å². The molecule has 0 saturated carbocycles. The predicted octanol–water partition coefficient (Wildman–Crippen LogP) is 8.30. The SMILES string of the molecule is CCC1=CC2=C(C=CC=CC2c2ccc(-c3ccccc3)c(F)c2)[CH]1[Zr+2]1([CH]2C(CC)=CC3=C2C=CC=CC3c2ccc(-c3ccccc3)c(F)c2)[CH2][CH2]1.[Cl-].[Cl-]. The molecule has 4 aromatic carbocycles. The first-order valence-corrected chi connectivity index (χ1v) is 25.6. The molecule has 1 heterocycles. The van der Waals surface area contributed by atoms with Gasteiger partial charge in [-0.2, -0.15) is 0 Å². The third-order valence-corrected chi connectivity index (χ3v) is 25.5. The summed E-state index contributed by atoms with van der Waals surface area (Å²) in [6, 6.07) is 31.4. The van der Waals surface area contributed by atoms with Crippen LogP contribution in [0.2, 0.25) is 15.5 Å². The summed E-state index contributed by atoms with van der Waals surface area (Å²) in [6.07, 6.45) is 25.2. The molecule has 5 heteroatoms. The van der Waals surface area contributed by atoms with Crippen molar-refractivity contribution in [1.82, 2.24) is 0 Å². The minimum atomic E-state index is -3.00. The van der Waals surface area contributed by atoms with Crippen LogP contribution in [0.15, 0.2) is 191 Å². The van der Waals surface area contributed by atoms with Gasteiger partial charge in [0.15, 0.2) is 0 Å². The maximum Gasteiger partial charge on any atom is -1.00 e. The van der Waals surface area contributed by atoms with Crippen molar-refractivity contribution in [2.45, 2.75) is 54.0 Å². The molecule has 4 atom stereocenters. The van der Waals surface area contributed by atoms with Crippen molar-refractivity contribution in [3.05, 3.63) is 214 Å². The van der Waals surface area contributed by atoms with E-state index >= 15 is 8.78 Å². The van der Waals surface area contributed by atoms with Crippen molar-refractivity contribution in [3.63, 3.8) is 0 Å². The van der Waals surface area contributed by atoms with Crippen molar-refractivity contribution >= 4 is 0 Å². The summed E-state index contributed by atoms with van der Waals surface area (Å²) in [7, 11) is 0. The Bertz CT molecular complexity index is 2190. The Balaban J connectivity index is 0.00000233. The molecule has 0 aromatic heterocycles. The minimum Gasteiger partial charge on any atom is -1.00 e. The molecule has 0 spiro atoms. The van der Waals surface area contributed by atoms with Crippen molar-refractivity contribution in [2.75, 3.05) is 0 Å². The van der Waals surface area contributed by atoms with Gasteiger partial charge in [-0.1, -0.05) is 0 Å². The smallest absolute Gasteiger partial charge is 1.00 e. The van der Waals surface area contributed by atoms with Gasteiger partial charge < -0.3 is 24.8 Å². The number of benzene rings is 4. The zero-order valence-corrected chi connectivity index (χ0v) is 35.1. The van der Waals surface area contributed by atoms with Gasteiger partial charge in [0.2, 0.25) is 0 Å². The summed E-state index contributed by atoms with van der Waals surface area (Å²) in [5.74, 6) is -0.329. The van der Waals surface area contributed by atoms with Crippen LogP contribution in [0.4, 0.5) is 8.78 Å². The molecule has 4 unspecified atom stereocenters. The van der Waals surface area contributed by atoms with Gasteiger partial charge in [0, 0.05) is 0 Å². The van der Waals surface area contributed by atoms with Crippen LogP contribution < -0.4 is 24.8 Å². The molecule has 1 saturated heterocycles. The molecule has 0 N–H and O–H groups in total. The summed E-state index contributed by atoms with van der Waals surface area (Å²) in [5.41, 5.74) is 13.9. The molecular weight excluding hydrogens is 801 g/mol. The van der Waals surface area contributed by atoms with Crippen molar-refractivity contribution in [1.29, 1.82) is 0 Å². The zero-order valence-electron chi connectivity index (χ0n) is 31.2. The Morgan fingerprint density at radius 3 is 1.31 bits per heavy atom. The van der Waals surface area contributed by atoms with Crippen LogP contribution in [0.5, 0.6) is 0 Å². The molecule has 4 aliphatic carbocycles. The molecule has 0 radical (unpaired) electrons. The fraction of sp³-hybridized carbons (Fsp3) is 0.200. The molecule has 9 rings (SSSR count). The summed E-state index contributed by atoms with van der Waals surface area (Å²) in [6.45, 7) is 4.65. The Labute approximate surface area is 341 Å². The Hall–Kier alpha value is -3.88. The molecule has 0 nitrogen and oxygen atoms in total. The van der Waals surface area contributed by atoms with Crippen LogP contribution in [-0.4, -0.2) is 0 Å². The van der Waals surface area contributed by atoms with E-state index in [9.17, 15) is 0 Å². The molecule has 1 aliphatic heterocycles. The third kappa shape index (κ3) is 6.96. The first-order valence-electron chi connectivity index (χ1n) is 19.3. The second kappa shape index (κ2) is 16.3. The third-order valence-electron chi connectivity index (χ3n) is 12.4. The predicted molar refractivity (Wildman–Crippen MR) is 214 cm³/mol. The maximum absolute atomic E-state index is 15.8. The zero-order chi connectivity index (χ0) is 36.1. The van der Waals surface area contributed by atoms with Gasteiger partial charge in [0.05, 0.1) is 0 Å². The van der Waals surface area contributed by atoms with E-state index < -0.39 is 20.3 Å². The monoisotopic (exact) mass is 842 g/mol. The van der Waals surface area contributed by atoms with Gasteiger partial charge in [-0.3, -0.25) is 0 Å². The standard InChI is InChI=1S/2C24H20F.C2H4.2ClH.Zr/c2*1-2-17-14-19-10-6-7-11-21(23(19)15-17)20-12-13-22(24(25)16-20)18-8-4-3-5-9-18;1-2;;;/h2*3-16,21H,2H2,1H3;1-2H2;2*1H;/q;;;;;+2/p-2. The molecular formula is C50H44Cl2F2Zr. The fourth-order valence-electron chi connectivity index (χ4n) is 9.86. The number of rotatable bonds is 8. The molecule has 4 aromatic rings. The molecule has 0 bridgehead atoms. The fourth-order valence-corrected chi connectivity index (χ4v) is 27.8. The first-order chi connectivity index (χ1) is 26.0. The van der Waals surface area contributed by atoms with Gasteiger partial charge >= 0.3 is 319 Å². The van der Waals surface area contributed by atoms with Crippen LogP contribution >= 0.6 is 0 Å². The summed E-state index contributed by atoms with van der Waals surface area (Å²) < 4.78 is 35.3. The normalized spacial score (nSPS) is 22.3. The van der Waals surface area contributed by atoms with Crippen molar-refractivity contribution < 1.29 is 53.9 Å². The van der Waals surface area contributed by atoms with E-state index in [0.29, 0.717) is 18.4 Å². The summed E-state index contributed by atoms with van der Waals surface area (Å²) in [5, 5.41) is 0. The van der Waals surface area contributed by atoms with Crippen LogP contribution in [-0.2, 0) is 20.3 Å². The number of halogens is 4. The quantitative estimate of drug-likeness (QED) is 0.168. The number of allylic oxidation sites excluding steroid dienone is 16. The van der Waals surface area contributed by atoms with Crippen LogP contribution in [0.3, 0.4) is 0 Å². The van der Waals surface area contributed by atoms with E-state index in [2.05, 4.69) is 86.7 Å². The van der Waals surface area contributed by atoms with E-state index in [1.54, 1.807) is 23.3 Å². The van der Waals surface area contributed by atoms with Crippen molar-refractivity contribution in [2.24, 2.45) is 0 Å². The van der Waals surface area contributed by atoms with Crippen LogP contribution in [0.1, 0.15) is 49.7 Å². The second-order valence-electron chi connectivity index (χ2n) is 15.2. The summed E-state index contributed by atoms with van der Waals surface area (Å²) >= 11 is -3.00.